The minimum Gasteiger partial charge on any atom is -0.481 e. The molecule has 0 atom stereocenters. The first-order chi connectivity index (χ1) is 8.48. The summed E-state index contributed by atoms with van der Waals surface area (Å²) < 4.78 is 1.18. The molecule has 0 radical (unpaired) electrons. The Kier molecular flexibility index (Phi) is 3.52. The summed E-state index contributed by atoms with van der Waals surface area (Å²) in [5.74, 6) is 0.0516. The first kappa shape index (κ1) is 12.8. The van der Waals surface area contributed by atoms with Crippen LogP contribution in [0.15, 0.2) is 23.7 Å². The third-order valence-electron chi connectivity index (χ3n) is 2.80. The number of carboxylic acid groups (broad SMARTS) is 1. The van der Waals surface area contributed by atoms with Crippen molar-refractivity contribution in [2.75, 3.05) is 5.32 Å². The van der Waals surface area contributed by atoms with Crippen LogP contribution in [0.3, 0.4) is 0 Å². The molecule has 0 bridgehead atoms. The van der Waals surface area contributed by atoms with E-state index in [4.69, 9.17) is 5.11 Å². The van der Waals surface area contributed by atoms with Gasteiger partial charge in [0, 0.05) is 28.2 Å². The number of hydrogen-bond donors (Lipinski definition) is 2. The van der Waals surface area contributed by atoms with E-state index in [2.05, 4.69) is 10.3 Å². The lowest BCUT2D eigenvalue weighted by Crippen LogP contribution is -2.32. The third kappa shape index (κ3) is 2.98. The van der Waals surface area contributed by atoms with Gasteiger partial charge in [-0.3, -0.25) is 4.79 Å². The van der Waals surface area contributed by atoms with Gasteiger partial charge in [0.15, 0.2) is 0 Å². The van der Waals surface area contributed by atoms with Crippen molar-refractivity contribution in [3.8, 4) is 0 Å². The highest BCUT2D eigenvalue weighted by Gasteiger charge is 2.20. The third-order valence-corrected chi connectivity index (χ3v) is 3.68. The van der Waals surface area contributed by atoms with Gasteiger partial charge >= 0.3 is 5.97 Å². The molecular formula is C13H16N2O2S. The van der Waals surface area contributed by atoms with Crippen molar-refractivity contribution in [3.63, 3.8) is 0 Å². The fourth-order valence-electron chi connectivity index (χ4n) is 1.80. The summed E-state index contributed by atoms with van der Waals surface area (Å²) in [4.78, 5) is 15.0. The summed E-state index contributed by atoms with van der Waals surface area (Å²) in [5.41, 5.74) is -0.290. The molecule has 0 amide bonds. The van der Waals surface area contributed by atoms with Crippen LogP contribution in [0.25, 0.3) is 10.1 Å². The number of anilines is 1. The van der Waals surface area contributed by atoms with Crippen LogP contribution < -0.4 is 5.32 Å². The molecule has 0 aliphatic rings. The van der Waals surface area contributed by atoms with Crippen molar-refractivity contribution in [1.29, 1.82) is 0 Å². The Morgan fingerprint density at radius 3 is 3.00 bits per heavy atom. The second-order valence-electron chi connectivity index (χ2n) is 4.89. The summed E-state index contributed by atoms with van der Waals surface area (Å²) in [5, 5.41) is 15.2. The van der Waals surface area contributed by atoms with Crippen molar-refractivity contribution in [2.45, 2.75) is 32.2 Å². The lowest BCUT2D eigenvalue weighted by Gasteiger charge is -2.26. The molecule has 2 aromatic rings. The quantitative estimate of drug-likeness (QED) is 0.869. The van der Waals surface area contributed by atoms with E-state index in [9.17, 15) is 4.79 Å². The lowest BCUT2D eigenvalue weighted by molar-refractivity contribution is -0.137. The van der Waals surface area contributed by atoms with Crippen LogP contribution in [0.1, 0.15) is 26.7 Å². The van der Waals surface area contributed by atoms with Crippen LogP contribution in [-0.4, -0.2) is 21.6 Å². The molecule has 0 aliphatic heterocycles. The standard InChI is InChI=1S/C13H16N2O2S/c1-13(2,6-3-11(16)17)15-12-9-5-8-18-10(9)4-7-14-12/h4-5,7-8H,3,6H2,1-2H3,(H,14,15)(H,16,17). The number of fused-ring (bicyclic) bond motifs is 1. The summed E-state index contributed by atoms with van der Waals surface area (Å²) in [6.45, 7) is 3.98. The largest absolute Gasteiger partial charge is 0.481 e. The predicted octanol–water partition coefficient (Wildman–Crippen LogP) is 3.35. The highest BCUT2D eigenvalue weighted by atomic mass is 32.1. The van der Waals surface area contributed by atoms with Gasteiger partial charge in [0.1, 0.15) is 5.82 Å². The van der Waals surface area contributed by atoms with Crippen molar-refractivity contribution in [2.24, 2.45) is 0 Å². The van der Waals surface area contributed by atoms with Crippen molar-refractivity contribution >= 4 is 33.2 Å². The van der Waals surface area contributed by atoms with Crippen LogP contribution >= 0.6 is 11.3 Å². The second-order valence-corrected chi connectivity index (χ2v) is 5.84. The zero-order valence-corrected chi connectivity index (χ0v) is 11.3. The summed E-state index contributed by atoms with van der Waals surface area (Å²) in [7, 11) is 0. The van der Waals surface area contributed by atoms with Gasteiger partial charge in [0.25, 0.3) is 0 Å². The number of rotatable bonds is 5. The summed E-state index contributed by atoms with van der Waals surface area (Å²) >= 11 is 1.67. The first-order valence-electron chi connectivity index (χ1n) is 5.80. The van der Waals surface area contributed by atoms with Gasteiger partial charge in [0.05, 0.1) is 0 Å². The number of hydrogen-bond acceptors (Lipinski definition) is 4. The molecule has 5 heteroatoms. The number of nitrogens with zero attached hydrogens (tertiary/aromatic N) is 1. The minimum atomic E-state index is -0.772. The fraction of sp³-hybridized carbons (Fsp3) is 0.385. The van der Waals surface area contributed by atoms with Gasteiger partial charge in [0.2, 0.25) is 0 Å². The van der Waals surface area contributed by atoms with Crippen molar-refractivity contribution in [1.82, 2.24) is 4.98 Å². The molecule has 2 N–H and O–H groups in total. The van der Waals surface area contributed by atoms with Gasteiger partial charge in [-0.25, -0.2) is 4.98 Å². The highest BCUT2D eigenvalue weighted by molar-refractivity contribution is 7.17. The van der Waals surface area contributed by atoms with E-state index >= 15 is 0 Å². The summed E-state index contributed by atoms with van der Waals surface area (Å²) in [6.07, 6.45) is 2.48. The molecule has 4 nitrogen and oxygen atoms in total. The molecule has 0 saturated heterocycles. The maximum Gasteiger partial charge on any atom is 0.303 e. The SMILES string of the molecule is CC(C)(CCC(=O)O)Nc1nccc2sccc12. The highest BCUT2D eigenvalue weighted by Crippen LogP contribution is 2.28. The zero-order chi connectivity index (χ0) is 13.2. The van der Waals surface area contributed by atoms with E-state index in [0.717, 1.165) is 11.2 Å². The van der Waals surface area contributed by atoms with Gasteiger partial charge in [-0.1, -0.05) is 0 Å². The maximum atomic E-state index is 10.6. The Morgan fingerprint density at radius 1 is 1.50 bits per heavy atom. The monoisotopic (exact) mass is 264 g/mol. The molecule has 0 aromatic carbocycles. The van der Waals surface area contributed by atoms with E-state index in [1.54, 1.807) is 17.5 Å². The molecule has 96 valence electrons. The van der Waals surface area contributed by atoms with Gasteiger partial charge in [-0.15, -0.1) is 11.3 Å². The Bertz CT molecular complexity index is 563. The molecule has 2 aromatic heterocycles. The first-order valence-corrected chi connectivity index (χ1v) is 6.68. The van der Waals surface area contributed by atoms with Crippen LogP contribution in [-0.2, 0) is 4.79 Å². The molecule has 2 heterocycles. The molecule has 2 rings (SSSR count). The Hall–Kier alpha value is -1.62. The van der Waals surface area contributed by atoms with E-state index < -0.39 is 5.97 Å². The number of aliphatic carboxylic acids is 1. The lowest BCUT2D eigenvalue weighted by atomic mass is 9.98. The molecule has 0 spiro atoms. The van der Waals surface area contributed by atoms with Crippen LogP contribution in [0.2, 0.25) is 0 Å². The molecule has 18 heavy (non-hydrogen) atoms. The molecule has 0 aliphatic carbocycles. The van der Waals surface area contributed by atoms with Crippen molar-refractivity contribution < 1.29 is 9.90 Å². The predicted molar refractivity (Wildman–Crippen MR) is 74.2 cm³/mol. The maximum absolute atomic E-state index is 10.6. The van der Waals surface area contributed by atoms with Crippen molar-refractivity contribution in [3.05, 3.63) is 23.7 Å². The minimum absolute atomic E-state index is 0.152. The fourth-order valence-corrected chi connectivity index (χ4v) is 2.58. The molecule has 0 fully saturated rings. The van der Waals surface area contributed by atoms with Gasteiger partial charge < -0.3 is 10.4 Å². The topological polar surface area (TPSA) is 62.2 Å². The number of carboxylic acids is 1. The Morgan fingerprint density at radius 2 is 2.28 bits per heavy atom. The van der Waals surface area contributed by atoms with Gasteiger partial charge in [-0.2, -0.15) is 0 Å². The van der Waals surface area contributed by atoms with Crippen LogP contribution in [0.4, 0.5) is 5.82 Å². The van der Waals surface area contributed by atoms with Gasteiger partial charge in [-0.05, 0) is 37.8 Å². The Balaban J connectivity index is 2.17. The number of carbonyl (C=O) groups is 1. The molecule has 0 unspecified atom stereocenters. The number of thiophene rings is 1. The van der Waals surface area contributed by atoms with Crippen LogP contribution in [0, 0.1) is 0 Å². The normalized spacial score (nSPS) is 11.7. The molecule has 0 saturated carbocycles. The van der Waals surface area contributed by atoms with E-state index in [0.29, 0.717) is 6.42 Å². The average Bonchev–Trinajstić information content (AvgIpc) is 2.75. The summed E-state index contributed by atoms with van der Waals surface area (Å²) in [6, 6.07) is 4.01. The number of nitrogens with one attached hydrogen (secondary N) is 1. The second kappa shape index (κ2) is 4.94. The number of aromatic nitrogens is 1. The Labute approximate surface area is 110 Å². The number of pyridine rings is 1. The smallest absolute Gasteiger partial charge is 0.303 e. The molecular weight excluding hydrogens is 248 g/mol. The van der Waals surface area contributed by atoms with Crippen LogP contribution in [0.5, 0.6) is 0 Å². The zero-order valence-electron chi connectivity index (χ0n) is 10.4. The van der Waals surface area contributed by atoms with E-state index in [1.165, 1.54) is 4.70 Å². The van der Waals surface area contributed by atoms with E-state index in [1.807, 2.05) is 31.4 Å². The van der Waals surface area contributed by atoms with E-state index in [-0.39, 0.29) is 12.0 Å². The average molecular weight is 264 g/mol.